The van der Waals surface area contributed by atoms with Gasteiger partial charge in [0.25, 0.3) is 0 Å². The summed E-state index contributed by atoms with van der Waals surface area (Å²) in [6, 6.07) is 6.74. The van der Waals surface area contributed by atoms with Gasteiger partial charge in [0.05, 0.1) is 0 Å². The van der Waals surface area contributed by atoms with Crippen LogP contribution in [0.15, 0.2) is 24.8 Å². The Kier molecular flexibility index (Phi) is 5.17. The maximum atomic E-state index is 3.73. The van der Waals surface area contributed by atoms with Crippen molar-refractivity contribution >= 4 is 0 Å². The van der Waals surface area contributed by atoms with Gasteiger partial charge in [0.2, 0.25) is 0 Å². The lowest BCUT2D eigenvalue weighted by atomic mass is 9.99. The third kappa shape index (κ3) is 3.91. The number of unbranched alkanes of at least 4 members (excludes halogenated alkanes) is 1. The average Bonchev–Trinajstić information content (AvgIpc) is 2.26. The maximum absolute atomic E-state index is 3.73. The summed E-state index contributed by atoms with van der Waals surface area (Å²) in [5, 5.41) is 0. The fourth-order valence-electron chi connectivity index (χ4n) is 1.82. The minimum Gasteiger partial charge on any atom is -0.0906 e. The van der Waals surface area contributed by atoms with E-state index in [0.29, 0.717) is 0 Å². The highest BCUT2D eigenvalue weighted by Gasteiger charge is 1.99. The molecule has 0 nitrogen and oxygen atoms in total. The van der Waals surface area contributed by atoms with Crippen LogP contribution in [0.25, 0.3) is 0 Å². The molecule has 0 fully saturated rings. The van der Waals surface area contributed by atoms with Crippen LogP contribution in [-0.2, 0) is 12.8 Å². The topological polar surface area (TPSA) is 0 Å². The van der Waals surface area contributed by atoms with E-state index in [4.69, 9.17) is 0 Å². The summed E-state index contributed by atoms with van der Waals surface area (Å²) >= 11 is 0. The zero-order valence-corrected chi connectivity index (χ0v) is 9.97. The Balaban J connectivity index is 2.84. The van der Waals surface area contributed by atoms with Gasteiger partial charge >= 0.3 is 0 Å². The predicted molar refractivity (Wildman–Crippen MR) is 67.0 cm³/mol. The zero-order chi connectivity index (χ0) is 11.1. The van der Waals surface area contributed by atoms with Crippen LogP contribution in [-0.4, -0.2) is 0 Å². The fraction of sp³-hybridized carbons (Fsp3) is 0.467. The standard InChI is InChI=1S/C15H21/c1-4-7-9-15-11-13(6-3)10-14(12-15)8-5-2/h10-12H,3-5,7-9H2,1-2H3. The minimum absolute atomic E-state index is 1.15. The van der Waals surface area contributed by atoms with E-state index in [0.717, 1.165) is 12.0 Å². The van der Waals surface area contributed by atoms with Crippen molar-refractivity contribution in [3.63, 3.8) is 0 Å². The molecule has 0 aliphatic rings. The van der Waals surface area contributed by atoms with Crippen LogP contribution in [0.4, 0.5) is 0 Å². The van der Waals surface area contributed by atoms with Crippen molar-refractivity contribution in [2.75, 3.05) is 0 Å². The molecule has 1 aromatic rings. The van der Waals surface area contributed by atoms with Crippen LogP contribution >= 0.6 is 0 Å². The Morgan fingerprint density at radius 2 is 1.67 bits per heavy atom. The van der Waals surface area contributed by atoms with Gasteiger partial charge in [-0.15, -0.1) is 0 Å². The highest BCUT2D eigenvalue weighted by Crippen LogP contribution is 2.14. The molecule has 1 rings (SSSR count). The lowest BCUT2D eigenvalue weighted by Crippen LogP contribution is -1.91. The Morgan fingerprint density at radius 1 is 1.00 bits per heavy atom. The van der Waals surface area contributed by atoms with Crippen LogP contribution in [0.1, 0.15) is 49.8 Å². The zero-order valence-electron chi connectivity index (χ0n) is 9.97. The normalized spacial score (nSPS) is 10.3. The van der Waals surface area contributed by atoms with Gasteiger partial charge in [-0.05, 0) is 42.0 Å². The summed E-state index contributed by atoms with van der Waals surface area (Å²) in [6.07, 6.45) is 9.06. The lowest BCUT2D eigenvalue weighted by molar-refractivity contribution is 0.792. The molecule has 0 spiro atoms. The van der Waals surface area contributed by atoms with Gasteiger partial charge in [-0.1, -0.05) is 51.5 Å². The Morgan fingerprint density at radius 3 is 2.20 bits per heavy atom. The predicted octanol–water partition coefficient (Wildman–Crippen LogP) is 4.32. The third-order valence-electron chi connectivity index (χ3n) is 2.61. The highest BCUT2D eigenvalue weighted by molar-refractivity contribution is 5.33. The molecule has 0 unspecified atom stereocenters. The molecule has 0 atom stereocenters. The van der Waals surface area contributed by atoms with E-state index in [1.54, 1.807) is 0 Å². The van der Waals surface area contributed by atoms with Crippen LogP contribution in [0.3, 0.4) is 0 Å². The fourth-order valence-corrected chi connectivity index (χ4v) is 1.82. The van der Waals surface area contributed by atoms with Crippen molar-refractivity contribution in [2.24, 2.45) is 0 Å². The van der Waals surface area contributed by atoms with Gasteiger partial charge in [0, 0.05) is 0 Å². The Labute approximate surface area is 94.0 Å². The smallest absolute Gasteiger partial charge is 0.0178 e. The molecule has 0 saturated heterocycles. The second-order valence-electron chi connectivity index (χ2n) is 4.07. The van der Waals surface area contributed by atoms with E-state index < -0.39 is 0 Å². The van der Waals surface area contributed by atoms with E-state index >= 15 is 0 Å². The molecule has 0 aromatic heterocycles. The van der Waals surface area contributed by atoms with Crippen molar-refractivity contribution in [3.8, 4) is 0 Å². The van der Waals surface area contributed by atoms with Crippen molar-refractivity contribution < 1.29 is 0 Å². The number of rotatable bonds is 6. The van der Waals surface area contributed by atoms with Gasteiger partial charge in [-0.3, -0.25) is 0 Å². The first-order valence-electron chi connectivity index (χ1n) is 5.96. The van der Waals surface area contributed by atoms with Crippen molar-refractivity contribution in [3.05, 3.63) is 47.5 Å². The number of benzene rings is 1. The monoisotopic (exact) mass is 201 g/mol. The second kappa shape index (κ2) is 6.44. The summed E-state index contributed by atoms with van der Waals surface area (Å²) in [4.78, 5) is 0. The van der Waals surface area contributed by atoms with Gasteiger partial charge in [0.1, 0.15) is 0 Å². The van der Waals surface area contributed by atoms with Crippen molar-refractivity contribution in [1.82, 2.24) is 0 Å². The summed E-state index contributed by atoms with van der Waals surface area (Å²) in [6.45, 7) is 8.18. The average molecular weight is 201 g/mol. The third-order valence-corrected chi connectivity index (χ3v) is 2.61. The lowest BCUT2D eigenvalue weighted by Gasteiger charge is -2.06. The molecule has 0 heteroatoms. The first kappa shape index (κ1) is 12.0. The molecule has 1 radical (unpaired) electrons. The van der Waals surface area contributed by atoms with Crippen LogP contribution < -0.4 is 0 Å². The summed E-state index contributed by atoms with van der Waals surface area (Å²) < 4.78 is 0. The number of aryl methyl sites for hydroxylation is 2. The minimum atomic E-state index is 1.15. The van der Waals surface area contributed by atoms with Gasteiger partial charge in [-0.2, -0.15) is 0 Å². The van der Waals surface area contributed by atoms with Gasteiger partial charge in [0.15, 0.2) is 0 Å². The van der Waals surface area contributed by atoms with E-state index in [1.165, 1.54) is 36.8 Å². The first-order chi connectivity index (χ1) is 7.30. The molecule has 0 amide bonds. The number of hydrogen-bond donors (Lipinski definition) is 0. The molecule has 0 heterocycles. The van der Waals surface area contributed by atoms with Crippen LogP contribution in [0.5, 0.6) is 0 Å². The van der Waals surface area contributed by atoms with Gasteiger partial charge in [-0.25, -0.2) is 0 Å². The Hall–Kier alpha value is -1.04. The molecule has 0 saturated carbocycles. The van der Waals surface area contributed by atoms with E-state index in [1.807, 2.05) is 0 Å². The summed E-state index contributed by atoms with van der Waals surface area (Å²) in [5.74, 6) is 0. The quantitative estimate of drug-likeness (QED) is 0.643. The molecule has 81 valence electrons. The SMILES string of the molecule is C=[C]c1cc(CCC)cc(CCCC)c1. The molecule has 0 aliphatic carbocycles. The highest BCUT2D eigenvalue weighted by atomic mass is 14.0. The molecule has 0 aliphatic heterocycles. The molecule has 0 bridgehead atoms. The maximum Gasteiger partial charge on any atom is -0.0178 e. The molecule has 0 N–H and O–H groups in total. The van der Waals surface area contributed by atoms with Gasteiger partial charge < -0.3 is 0 Å². The molecule has 15 heavy (non-hydrogen) atoms. The van der Waals surface area contributed by atoms with Crippen molar-refractivity contribution in [1.29, 1.82) is 0 Å². The summed E-state index contributed by atoms with van der Waals surface area (Å²) in [7, 11) is 0. The van der Waals surface area contributed by atoms with E-state index in [2.05, 4.69) is 44.7 Å². The largest absolute Gasteiger partial charge is 0.0906 e. The molecular formula is C15H21. The van der Waals surface area contributed by atoms with E-state index in [9.17, 15) is 0 Å². The Bertz CT molecular complexity index is 310. The van der Waals surface area contributed by atoms with Crippen LogP contribution in [0.2, 0.25) is 0 Å². The molecular weight excluding hydrogens is 180 g/mol. The van der Waals surface area contributed by atoms with E-state index in [-0.39, 0.29) is 0 Å². The molecule has 1 aromatic carbocycles. The number of hydrogen-bond acceptors (Lipinski definition) is 0. The second-order valence-corrected chi connectivity index (χ2v) is 4.07. The van der Waals surface area contributed by atoms with Crippen LogP contribution in [0, 0.1) is 6.08 Å². The summed E-state index contributed by atoms with van der Waals surface area (Å²) in [5.41, 5.74) is 4.01. The van der Waals surface area contributed by atoms with Crippen molar-refractivity contribution in [2.45, 2.75) is 46.0 Å². The first-order valence-corrected chi connectivity index (χ1v) is 5.96.